The second-order valence-corrected chi connectivity index (χ2v) is 5.84. The number of nitrogens with zero attached hydrogens (tertiary/aromatic N) is 1. The molecule has 0 spiro atoms. The molecule has 124 valence electrons. The van der Waals surface area contributed by atoms with Gasteiger partial charge in [-0.3, -0.25) is 9.59 Å². The summed E-state index contributed by atoms with van der Waals surface area (Å²) in [5, 5.41) is 10.1. The van der Waals surface area contributed by atoms with Gasteiger partial charge in [-0.1, -0.05) is 38.3 Å². The van der Waals surface area contributed by atoms with Gasteiger partial charge in [0, 0.05) is 6.54 Å². The highest BCUT2D eigenvalue weighted by Crippen LogP contribution is 2.37. The summed E-state index contributed by atoms with van der Waals surface area (Å²) < 4.78 is 13.6. The van der Waals surface area contributed by atoms with Crippen LogP contribution < -0.4 is 0 Å². The van der Waals surface area contributed by atoms with E-state index in [1.807, 2.05) is 0 Å². The molecule has 0 saturated heterocycles. The number of aliphatic hydroxyl groups excluding tert-OH is 1. The summed E-state index contributed by atoms with van der Waals surface area (Å²) in [4.78, 5) is 25.7. The first-order chi connectivity index (χ1) is 11.0. The number of aliphatic hydroxyl groups is 1. The van der Waals surface area contributed by atoms with E-state index in [1.165, 1.54) is 30.0 Å². The van der Waals surface area contributed by atoms with Crippen LogP contribution in [0.1, 0.15) is 51.1 Å². The van der Waals surface area contributed by atoms with Crippen molar-refractivity contribution in [1.29, 1.82) is 0 Å². The Morgan fingerprint density at radius 1 is 1.30 bits per heavy atom. The lowest BCUT2D eigenvalue weighted by atomic mass is 9.96. The molecule has 0 saturated carbocycles. The topological polar surface area (TPSA) is 57.6 Å². The first-order valence-corrected chi connectivity index (χ1v) is 7.97. The first kappa shape index (κ1) is 17.2. The van der Waals surface area contributed by atoms with Crippen molar-refractivity contribution >= 4 is 11.7 Å². The molecule has 0 fully saturated rings. The van der Waals surface area contributed by atoms with Crippen LogP contribution in [0.4, 0.5) is 4.39 Å². The second kappa shape index (κ2) is 7.40. The van der Waals surface area contributed by atoms with Gasteiger partial charge in [0.15, 0.2) is 11.5 Å². The fourth-order valence-electron chi connectivity index (χ4n) is 2.98. The smallest absolute Gasteiger partial charge is 0.290 e. The normalized spacial score (nSPS) is 18.0. The van der Waals surface area contributed by atoms with Crippen molar-refractivity contribution in [2.24, 2.45) is 0 Å². The third-order valence-corrected chi connectivity index (χ3v) is 4.10. The number of hydrogen-bond donors (Lipinski definition) is 1. The maximum atomic E-state index is 13.6. The Morgan fingerprint density at radius 3 is 2.65 bits per heavy atom. The molecule has 23 heavy (non-hydrogen) atoms. The fourth-order valence-corrected chi connectivity index (χ4v) is 2.98. The SMILES string of the molecule is CCCCCCN1C(=O)C(O)=C(C(C)=O)[C@@H]1c1cccc(F)c1. The average Bonchev–Trinajstić information content (AvgIpc) is 2.76. The van der Waals surface area contributed by atoms with Crippen molar-refractivity contribution in [3.63, 3.8) is 0 Å². The second-order valence-electron chi connectivity index (χ2n) is 5.84. The highest BCUT2D eigenvalue weighted by atomic mass is 19.1. The summed E-state index contributed by atoms with van der Waals surface area (Å²) in [5.41, 5.74) is 0.555. The lowest BCUT2D eigenvalue weighted by Gasteiger charge is -2.26. The highest BCUT2D eigenvalue weighted by Gasteiger charge is 2.41. The Balaban J connectivity index is 2.33. The van der Waals surface area contributed by atoms with E-state index in [0.717, 1.165) is 25.7 Å². The van der Waals surface area contributed by atoms with Crippen LogP contribution in [0, 0.1) is 5.82 Å². The molecule has 1 heterocycles. The molecular formula is C18H22FNO3. The molecule has 0 aromatic heterocycles. The summed E-state index contributed by atoms with van der Waals surface area (Å²) in [6, 6.07) is 5.11. The molecular weight excluding hydrogens is 297 g/mol. The largest absolute Gasteiger partial charge is 0.503 e. The van der Waals surface area contributed by atoms with E-state index < -0.39 is 23.5 Å². The van der Waals surface area contributed by atoms with E-state index in [1.54, 1.807) is 6.07 Å². The zero-order valence-corrected chi connectivity index (χ0v) is 13.5. The van der Waals surface area contributed by atoms with Crippen LogP contribution in [0.15, 0.2) is 35.6 Å². The Bertz CT molecular complexity index is 639. The minimum atomic E-state index is -0.711. The maximum absolute atomic E-state index is 13.6. The molecule has 5 heteroatoms. The van der Waals surface area contributed by atoms with Crippen molar-refractivity contribution in [1.82, 2.24) is 4.90 Å². The lowest BCUT2D eigenvalue weighted by Crippen LogP contribution is -2.32. The Hall–Kier alpha value is -2.17. The quantitative estimate of drug-likeness (QED) is 0.780. The number of unbranched alkanes of at least 4 members (excludes halogenated alkanes) is 3. The number of rotatable bonds is 7. The predicted octanol–water partition coefficient (Wildman–Crippen LogP) is 3.69. The molecule has 0 aliphatic carbocycles. The van der Waals surface area contributed by atoms with Crippen LogP contribution >= 0.6 is 0 Å². The Labute approximate surface area is 135 Å². The Kier molecular flexibility index (Phi) is 5.53. The predicted molar refractivity (Wildman–Crippen MR) is 85.3 cm³/mol. The van der Waals surface area contributed by atoms with Gasteiger partial charge in [-0.2, -0.15) is 0 Å². The molecule has 4 nitrogen and oxygen atoms in total. The van der Waals surface area contributed by atoms with Crippen molar-refractivity contribution in [2.75, 3.05) is 6.54 Å². The summed E-state index contributed by atoms with van der Waals surface area (Å²) in [5.74, 6) is -1.88. The van der Waals surface area contributed by atoms with Gasteiger partial charge in [0.1, 0.15) is 5.82 Å². The lowest BCUT2D eigenvalue weighted by molar-refractivity contribution is -0.129. The maximum Gasteiger partial charge on any atom is 0.290 e. The van der Waals surface area contributed by atoms with Gasteiger partial charge in [0.25, 0.3) is 5.91 Å². The van der Waals surface area contributed by atoms with Gasteiger partial charge in [-0.05, 0) is 31.0 Å². The third-order valence-electron chi connectivity index (χ3n) is 4.10. The zero-order valence-electron chi connectivity index (χ0n) is 13.5. The van der Waals surface area contributed by atoms with Crippen molar-refractivity contribution < 1.29 is 19.1 Å². The van der Waals surface area contributed by atoms with Crippen LogP contribution in [0.2, 0.25) is 0 Å². The third kappa shape index (κ3) is 3.60. The first-order valence-electron chi connectivity index (χ1n) is 7.97. The monoisotopic (exact) mass is 319 g/mol. The summed E-state index contributed by atoms with van der Waals surface area (Å²) in [6.07, 6.45) is 3.88. The molecule has 1 atom stereocenters. The number of halogens is 1. The molecule has 0 radical (unpaired) electrons. The molecule has 1 N–H and O–H groups in total. The molecule has 0 unspecified atom stereocenters. The van der Waals surface area contributed by atoms with E-state index in [-0.39, 0.29) is 11.4 Å². The number of ketones is 1. The average molecular weight is 319 g/mol. The molecule has 1 aromatic carbocycles. The summed E-state index contributed by atoms with van der Waals surface area (Å²) in [7, 11) is 0. The van der Waals surface area contributed by atoms with Crippen LogP contribution in [0.5, 0.6) is 0 Å². The van der Waals surface area contributed by atoms with Crippen molar-refractivity contribution in [3.8, 4) is 0 Å². The van der Waals surface area contributed by atoms with Crippen molar-refractivity contribution in [2.45, 2.75) is 45.6 Å². The molecule has 1 aromatic rings. The molecule has 1 amide bonds. The van der Waals surface area contributed by atoms with Crippen LogP contribution in [0.3, 0.4) is 0 Å². The number of Topliss-reactive ketones (excluding diaryl/α,β-unsaturated/α-hetero) is 1. The molecule has 1 aliphatic rings. The van der Waals surface area contributed by atoms with Gasteiger partial charge >= 0.3 is 0 Å². The van der Waals surface area contributed by atoms with E-state index in [4.69, 9.17) is 0 Å². The standard InChI is InChI=1S/C18H22FNO3/c1-3-4-5-6-10-20-16(13-8-7-9-14(19)11-13)15(12(2)21)17(22)18(20)23/h7-9,11,16,22H,3-6,10H2,1-2H3/t16-/m0/s1. The van der Waals surface area contributed by atoms with Crippen LogP contribution in [-0.4, -0.2) is 28.2 Å². The van der Waals surface area contributed by atoms with Crippen LogP contribution in [0.25, 0.3) is 0 Å². The fraction of sp³-hybridized carbons (Fsp3) is 0.444. The number of amides is 1. The van der Waals surface area contributed by atoms with Gasteiger partial charge in [0.05, 0.1) is 11.6 Å². The summed E-state index contributed by atoms with van der Waals surface area (Å²) in [6.45, 7) is 3.84. The molecule has 0 bridgehead atoms. The van der Waals surface area contributed by atoms with Crippen LogP contribution in [-0.2, 0) is 9.59 Å². The summed E-state index contributed by atoms with van der Waals surface area (Å²) >= 11 is 0. The molecule has 1 aliphatic heterocycles. The number of carbonyl (C=O) groups is 2. The Morgan fingerprint density at radius 2 is 2.04 bits per heavy atom. The minimum Gasteiger partial charge on any atom is -0.503 e. The van der Waals surface area contributed by atoms with E-state index in [2.05, 4.69) is 6.92 Å². The van der Waals surface area contributed by atoms with Gasteiger partial charge in [-0.25, -0.2) is 4.39 Å². The zero-order chi connectivity index (χ0) is 17.0. The number of hydrogen-bond acceptors (Lipinski definition) is 3. The van der Waals surface area contributed by atoms with Gasteiger partial charge in [0.2, 0.25) is 0 Å². The van der Waals surface area contributed by atoms with Crippen molar-refractivity contribution in [3.05, 3.63) is 47.0 Å². The minimum absolute atomic E-state index is 0.0519. The van der Waals surface area contributed by atoms with E-state index in [9.17, 15) is 19.1 Å². The number of carbonyl (C=O) groups excluding carboxylic acids is 2. The number of benzene rings is 1. The molecule has 2 rings (SSSR count). The highest BCUT2D eigenvalue weighted by molar-refractivity contribution is 6.08. The van der Waals surface area contributed by atoms with E-state index >= 15 is 0 Å². The van der Waals surface area contributed by atoms with Gasteiger partial charge < -0.3 is 10.0 Å². The van der Waals surface area contributed by atoms with E-state index in [0.29, 0.717) is 12.1 Å². The van der Waals surface area contributed by atoms with Gasteiger partial charge in [-0.15, -0.1) is 0 Å².